The van der Waals surface area contributed by atoms with Crippen molar-refractivity contribution in [2.24, 2.45) is 5.73 Å². The minimum absolute atomic E-state index is 0.0137. The van der Waals surface area contributed by atoms with Gasteiger partial charge in [0.25, 0.3) is 0 Å². The summed E-state index contributed by atoms with van der Waals surface area (Å²) in [6, 6.07) is 0. The van der Waals surface area contributed by atoms with Crippen molar-refractivity contribution in [2.45, 2.75) is 17.6 Å². The Balaban J connectivity index is 5.34. The number of halogens is 7. The molecule has 0 aromatic carbocycles. The number of rotatable bonds is 5. The molecule has 2 N–H and O–H groups in total. The van der Waals surface area contributed by atoms with Crippen LogP contribution in [0.2, 0.25) is 0 Å². The Hall–Kier alpha value is 4.99. The highest BCUT2D eigenvalue weighted by Gasteiger charge is 2.55. The van der Waals surface area contributed by atoms with Crippen LogP contribution in [-0.4, -0.2) is 32.8 Å². The van der Waals surface area contributed by atoms with Gasteiger partial charge in [-0.1, -0.05) is 45.2 Å². The van der Waals surface area contributed by atoms with Crippen molar-refractivity contribution in [1.82, 2.24) is 8.01 Å². The van der Waals surface area contributed by atoms with Crippen molar-refractivity contribution in [3.05, 3.63) is 0 Å². The minimum atomic E-state index is -0.137. The van der Waals surface area contributed by atoms with Crippen LogP contribution in [0.25, 0.3) is 0 Å². The second-order valence-corrected chi connectivity index (χ2v) is 18.6. The van der Waals surface area contributed by atoms with E-state index in [-0.39, 0.29) is 10.7 Å². The van der Waals surface area contributed by atoms with Crippen LogP contribution >= 0.6 is 158 Å². The Morgan fingerprint density at radius 2 is 1.41 bits per heavy atom. The first-order valence-electron chi connectivity index (χ1n) is 4.27. The van der Waals surface area contributed by atoms with E-state index in [0.717, 1.165) is 0 Å². The van der Waals surface area contributed by atoms with Gasteiger partial charge in [0.15, 0.2) is 3.10 Å². The molecular formula is C7H12I7N3. The molecule has 0 amide bonds. The maximum atomic E-state index is 6.09. The molecule has 0 saturated carbocycles. The Bertz CT molecular complexity index is 266. The maximum absolute atomic E-state index is 6.09. The molecule has 0 aromatic rings. The van der Waals surface area contributed by atoms with E-state index in [1.165, 1.54) is 0 Å². The summed E-state index contributed by atoms with van der Waals surface area (Å²) in [5, 5.41) is 0. The zero-order chi connectivity index (χ0) is 14.2. The largest absolute Gasteiger partial charge is 0.317 e. The molecule has 10 heteroatoms. The Labute approximate surface area is 199 Å². The SMILES string of the molecule is CN(C)C(C)(I)C(I)(I)N(I)C(I)(I)C(N)I. The predicted molar refractivity (Wildman–Crippen MR) is 136 cm³/mol. The van der Waals surface area contributed by atoms with Crippen molar-refractivity contribution in [3.63, 3.8) is 0 Å². The van der Waals surface area contributed by atoms with Crippen molar-refractivity contribution >= 4 is 158 Å². The lowest BCUT2D eigenvalue weighted by Crippen LogP contribution is -2.60. The van der Waals surface area contributed by atoms with Crippen molar-refractivity contribution < 1.29 is 0 Å². The molecule has 0 aliphatic heterocycles. The maximum Gasteiger partial charge on any atom is 0.162 e. The highest BCUT2D eigenvalue weighted by Crippen LogP contribution is 2.56. The molecular weight excluding hydrogens is 1010 g/mol. The molecule has 2 unspecified atom stereocenters. The van der Waals surface area contributed by atoms with Crippen LogP contribution in [0.3, 0.4) is 0 Å². The zero-order valence-electron chi connectivity index (χ0n) is 9.19. The summed E-state index contributed by atoms with van der Waals surface area (Å²) in [6.45, 7) is 2.24. The van der Waals surface area contributed by atoms with Gasteiger partial charge in [0.1, 0.15) is 3.55 Å². The molecule has 0 heterocycles. The first-order chi connectivity index (χ1) is 7.29. The van der Waals surface area contributed by atoms with Gasteiger partial charge in [-0.2, -0.15) is 3.11 Å². The van der Waals surface area contributed by atoms with Crippen molar-refractivity contribution in [3.8, 4) is 0 Å². The number of nitrogens with zero attached hydrogens (tertiary/aromatic N) is 2. The van der Waals surface area contributed by atoms with Gasteiger partial charge in [-0.25, -0.2) is 0 Å². The van der Waals surface area contributed by atoms with Crippen LogP contribution < -0.4 is 5.73 Å². The third kappa shape index (κ3) is 5.24. The summed E-state index contributed by atoms with van der Waals surface area (Å²) in [5.74, 6) is 0. The monoisotopic (exact) mass is 1030 g/mol. The van der Waals surface area contributed by atoms with E-state index < -0.39 is 0 Å². The molecule has 0 aliphatic rings. The molecule has 0 aromatic heterocycles. The fourth-order valence-electron chi connectivity index (χ4n) is 0.744. The highest BCUT2D eigenvalue weighted by molar-refractivity contribution is 14.2. The van der Waals surface area contributed by atoms with Gasteiger partial charge in [0, 0.05) is 22.9 Å². The van der Waals surface area contributed by atoms with Crippen LogP contribution in [0.1, 0.15) is 6.92 Å². The quantitative estimate of drug-likeness (QED) is 0.180. The molecule has 104 valence electrons. The number of hydrogen-bond donors (Lipinski definition) is 1. The molecule has 0 radical (unpaired) electrons. The van der Waals surface area contributed by atoms with Crippen LogP contribution in [-0.2, 0) is 0 Å². The summed E-state index contributed by atoms with van der Waals surface area (Å²) < 4.78 is 2.13. The predicted octanol–water partition coefficient (Wildman–Crippen LogP) is 5.12. The molecule has 17 heavy (non-hydrogen) atoms. The average molecular weight is 1030 g/mol. The Kier molecular flexibility index (Phi) is 10.6. The summed E-state index contributed by atoms with van der Waals surface area (Å²) in [4.78, 5) is 2.24. The molecule has 0 spiro atoms. The third-order valence-electron chi connectivity index (χ3n) is 2.23. The van der Waals surface area contributed by atoms with E-state index in [0.29, 0.717) is 0 Å². The number of hydrogen-bond acceptors (Lipinski definition) is 3. The Morgan fingerprint density at radius 3 is 1.65 bits per heavy atom. The van der Waals surface area contributed by atoms with Crippen LogP contribution in [0.5, 0.6) is 0 Å². The molecule has 0 aliphatic carbocycles. The molecule has 0 rings (SSSR count). The van der Waals surface area contributed by atoms with Crippen molar-refractivity contribution in [1.29, 1.82) is 0 Å². The van der Waals surface area contributed by atoms with E-state index in [4.69, 9.17) is 5.73 Å². The van der Waals surface area contributed by atoms with Gasteiger partial charge in [0.05, 0.1) is 4.05 Å². The minimum Gasteiger partial charge on any atom is -0.317 e. The van der Waals surface area contributed by atoms with Gasteiger partial charge in [-0.15, -0.1) is 0 Å². The van der Waals surface area contributed by atoms with Crippen LogP contribution in [0.15, 0.2) is 0 Å². The zero-order valence-corrected chi connectivity index (χ0v) is 24.3. The summed E-state index contributed by atoms with van der Waals surface area (Å²) in [6.07, 6.45) is 0. The molecule has 3 nitrogen and oxygen atoms in total. The van der Waals surface area contributed by atoms with Gasteiger partial charge in [-0.05, 0) is 111 Å². The summed E-state index contributed by atoms with van der Waals surface area (Å²) >= 11 is 17.0. The molecule has 0 saturated heterocycles. The second kappa shape index (κ2) is 8.20. The van der Waals surface area contributed by atoms with Crippen LogP contribution in [0.4, 0.5) is 0 Å². The first-order valence-corrected chi connectivity index (χ1v) is 11.9. The van der Waals surface area contributed by atoms with E-state index in [2.05, 4.69) is 187 Å². The topological polar surface area (TPSA) is 32.5 Å². The van der Waals surface area contributed by atoms with Gasteiger partial charge in [-0.3, -0.25) is 4.90 Å². The van der Waals surface area contributed by atoms with E-state index in [9.17, 15) is 0 Å². The second-order valence-electron chi connectivity index (χ2n) is 3.66. The Morgan fingerprint density at radius 1 is 1.06 bits per heavy atom. The highest BCUT2D eigenvalue weighted by atomic mass is 127. The van der Waals surface area contributed by atoms with Crippen molar-refractivity contribution in [2.75, 3.05) is 14.1 Å². The van der Waals surface area contributed by atoms with E-state index >= 15 is 0 Å². The molecule has 0 bridgehead atoms. The van der Waals surface area contributed by atoms with Gasteiger partial charge >= 0.3 is 0 Å². The lowest BCUT2D eigenvalue weighted by atomic mass is 10.3. The number of alkyl halides is 6. The smallest absolute Gasteiger partial charge is 0.162 e. The number of nitrogens with two attached hydrogens (primary N) is 1. The van der Waals surface area contributed by atoms with E-state index in [1.807, 2.05) is 0 Å². The van der Waals surface area contributed by atoms with Gasteiger partial charge < -0.3 is 5.73 Å². The lowest BCUT2D eigenvalue weighted by Gasteiger charge is -2.49. The van der Waals surface area contributed by atoms with E-state index in [1.54, 1.807) is 0 Å². The first kappa shape index (κ1) is 22.0. The summed E-state index contributed by atoms with van der Waals surface area (Å²) in [5.41, 5.74) is 6.09. The fourth-order valence-corrected chi connectivity index (χ4v) is 7.32. The third-order valence-corrected chi connectivity index (χ3v) is 19.9. The average Bonchev–Trinajstić information content (AvgIpc) is 2.15. The lowest BCUT2D eigenvalue weighted by molar-refractivity contribution is 0.236. The van der Waals surface area contributed by atoms with Crippen LogP contribution in [0, 0.1) is 0 Å². The normalized spacial score (nSPS) is 19.6. The van der Waals surface area contributed by atoms with Gasteiger partial charge in [0.2, 0.25) is 0 Å². The molecule has 0 fully saturated rings. The molecule has 2 atom stereocenters. The number of likely N-dealkylation sites (N-methyl/N-ethyl adjacent to an activating group) is 1. The fraction of sp³-hybridized carbons (Fsp3) is 1.00. The summed E-state index contributed by atoms with van der Waals surface area (Å²) in [7, 11) is 4.21. The standard InChI is InChI=1S/C7H12I7N3/c1-5(9,16(2)3)7(12,13)17(14)6(10,11)4(8)15/h4H,15H2,1-3H3.